The van der Waals surface area contributed by atoms with Gasteiger partial charge in [-0.05, 0) is 51.0 Å². The third-order valence-corrected chi connectivity index (χ3v) is 8.21. The Labute approximate surface area is 283 Å². The lowest BCUT2D eigenvalue weighted by atomic mass is 10.0. The minimum absolute atomic E-state index is 0.00735. The topological polar surface area (TPSA) is 171 Å². The molecule has 262 valence electrons. The zero-order valence-corrected chi connectivity index (χ0v) is 27.1. The van der Waals surface area contributed by atoms with E-state index in [4.69, 9.17) is 4.74 Å². The number of carboxylic acid groups (broad SMARTS) is 1. The van der Waals surface area contributed by atoms with Crippen LogP contribution in [0.4, 0.5) is 23.8 Å². The highest BCUT2D eigenvalue weighted by Crippen LogP contribution is 2.31. The zero-order chi connectivity index (χ0) is 36.3. The first kappa shape index (κ1) is 35.4. The van der Waals surface area contributed by atoms with Crippen molar-refractivity contribution in [1.82, 2.24) is 25.3 Å². The molecule has 16 heteroatoms. The van der Waals surface area contributed by atoms with Gasteiger partial charge in [-0.15, -0.1) is 0 Å². The van der Waals surface area contributed by atoms with Gasteiger partial charge in [-0.1, -0.05) is 30.3 Å². The van der Waals surface area contributed by atoms with Crippen LogP contribution in [-0.2, 0) is 20.9 Å². The van der Waals surface area contributed by atoms with Crippen LogP contribution >= 0.6 is 0 Å². The number of aromatic nitrogens is 2. The van der Waals surface area contributed by atoms with Crippen molar-refractivity contribution in [3.8, 4) is 11.1 Å². The number of carbonyl (C=O) groups is 4. The van der Waals surface area contributed by atoms with Crippen LogP contribution in [0.2, 0.25) is 0 Å². The number of nitrogens with zero attached hydrogens (tertiary/aromatic N) is 3. The lowest BCUT2D eigenvalue weighted by Gasteiger charge is -2.24. The lowest BCUT2D eigenvalue weighted by molar-refractivity contribution is -0.129. The van der Waals surface area contributed by atoms with Gasteiger partial charge in [0, 0.05) is 35.8 Å². The van der Waals surface area contributed by atoms with E-state index >= 15 is 4.39 Å². The number of halogens is 3. The Balaban J connectivity index is 1.27. The molecule has 1 fully saturated rings. The Morgan fingerprint density at radius 1 is 0.960 bits per heavy atom. The Morgan fingerprint density at radius 3 is 2.34 bits per heavy atom. The second kappa shape index (κ2) is 14.7. The Morgan fingerprint density at radius 2 is 1.66 bits per heavy atom. The van der Waals surface area contributed by atoms with Crippen LogP contribution in [0.15, 0.2) is 65.6 Å². The van der Waals surface area contributed by atoms with Crippen molar-refractivity contribution in [3.63, 3.8) is 0 Å². The number of rotatable bonds is 10. The predicted octanol–water partition coefficient (Wildman–Crippen LogP) is 3.38. The van der Waals surface area contributed by atoms with Gasteiger partial charge >= 0.3 is 12.1 Å². The molecule has 4 aromatic rings. The molecule has 2 aromatic heterocycles. The van der Waals surface area contributed by atoms with Crippen molar-refractivity contribution in [3.05, 3.63) is 99.7 Å². The molecule has 1 aliphatic rings. The van der Waals surface area contributed by atoms with Crippen molar-refractivity contribution < 1.29 is 42.2 Å². The maximum atomic E-state index is 15.6. The summed E-state index contributed by atoms with van der Waals surface area (Å²) in [6, 6.07) is 9.46. The predicted molar refractivity (Wildman–Crippen MR) is 174 cm³/mol. The number of ether oxygens (including phenoxy) is 1. The van der Waals surface area contributed by atoms with Crippen molar-refractivity contribution >= 4 is 35.3 Å². The fraction of sp³-hybridized carbons (Fsp3) is 0.294. The number of aromatic carboxylic acids is 1. The van der Waals surface area contributed by atoms with E-state index in [0.717, 1.165) is 30.0 Å². The fourth-order valence-electron chi connectivity index (χ4n) is 5.61. The number of fused-ring (bicyclic) bond motifs is 1. The SMILES string of the molecule is C[C@H](NC(=O)[C@@H](C)NC(=O)OCc1ccccc1)C(=O)N[C@H]1C[C@H](C)N(c2nc3c(-c4ccc(F)cc4F)cc(C(=O)O)c(=O)n3cc2F)C1. The Kier molecular flexibility index (Phi) is 10.4. The summed E-state index contributed by atoms with van der Waals surface area (Å²) in [7, 11) is 0. The highest BCUT2D eigenvalue weighted by molar-refractivity contribution is 5.92. The van der Waals surface area contributed by atoms with Crippen LogP contribution in [0.3, 0.4) is 0 Å². The van der Waals surface area contributed by atoms with E-state index in [1.807, 2.05) is 6.07 Å². The molecule has 0 unspecified atom stereocenters. The summed E-state index contributed by atoms with van der Waals surface area (Å²) >= 11 is 0. The maximum Gasteiger partial charge on any atom is 0.408 e. The largest absolute Gasteiger partial charge is 0.477 e. The Hall–Kier alpha value is -5.93. The number of alkyl carbamates (subject to hydrolysis) is 1. The first-order chi connectivity index (χ1) is 23.7. The van der Waals surface area contributed by atoms with Gasteiger partial charge < -0.3 is 30.7 Å². The summed E-state index contributed by atoms with van der Waals surface area (Å²) in [6.45, 7) is 4.68. The van der Waals surface area contributed by atoms with Gasteiger partial charge in [0.2, 0.25) is 11.8 Å². The van der Waals surface area contributed by atoms with Crippen LogP contribution in [-0.4, -0.2) is 69.1 Å². The van der Waals surface area contributed by atoms with Gasteiger partial charge in [-0.3, -0.25) is 18.8 Å². The number of benzene rings is 2. The number of nitrogens with one attached hydrogen (secondary N) is 3. The molecule has 0 saturated carbocycles. The smallest absolute Gasteiger partial charge is 0.408 e. The van der Waals surface area contributed by atoms with Gasteiger partial charge in [-0.2, -0.15) is 0 Å². The molecule has 0 radical (unpaired) electrons. The number of carbonyl (C=O) groups excluding carboxylic acids is 3. The van der Waals surface area contributed by atoms with E-state index < -0.39 is 76.6 Å². The molecule has 13 nitrogen and oxygen atoms in total. The molecule has 1 saturated heterocycles. The van der Waals surface area contributed by atoms with E-state index in [1.165, 1.54) is 18.7 Å². The van der Waals surface area contributed by atoms with Crippen LogP contribution in [0, 0.1) is 17.5 Å². The summed E-state index contributed by atoms with van der Waals surface area (Å²) in [5.74, 6) is -6.01. The van der Waals surface area contributed by atoms with Gasteiger partial charge in [0.25, 0.3) is 5.56 Å². The average Bonchev–Trinajstić information content (AvgIpc) is 3.43. The van der Waals surface area contributed by atoms with Crippen LogP contribution < -0.4 is 26.4 Å². The third-order valence-electron chi connectivity index (χ3n) is 8.21. The normalized spacial score (nSPS) is 16.8. The molecule has 3 heterocycles. The number of carboxylic acids is 1. The molecular weight excluding hydrogens is 661 g/mol. The van der Waals surface area contributed by atoms with E-state index in [2.05, 4.69) is 20.9 Å². The summed E-state index contributed by atoms with van der Waals surface area (Å²) in [6.07, 6.45) is 0.263. The van der Waals surface area contributed by atoms with Crippen molar-refractivity contribution in [1.29, 1.82) is 0 Å². The molecule has 4 atom stereocenters. The molecule has 2 aromatic carbocycles. The lowest BCUT2D eigenvalue weighted by Crippen LogP contribution is -2.53. The second-order valence-electron chi connectivity index (χ2n) is 11.9. The molecule has 1 aliphatic heterocycles. The zero-order valence-electron chi connectivity index (χ0n) is 27.1. The summed E-state index contributed by atoms with van der Waals surface area (Å²) in [4.78, 5) is 68.4. The number of pyridine rings is 1. The second-order valence-corrected chi connectivity index (χ2v) is 11.9. The maximum absolute atomic E-state index is 15.6. The first-order valence-corrected chi connectivity index (χ1v) is 15.5. The highest BCUT2D eigenvalue weighted by Gasteiger charge is 2.34. The molecule has 5 rings (SSSR count). The highest BCUT2D eigenvalue weighted by atomic mass is 19.1. The molecule has 50 heavy (non-hydrogen) atoms. The monoisotopic (exact) mass is 694 g/mol. The Bertz CT molecular complexity index is 2030. The molecule has 3 amide bonds. The molecule has 0 aliphatic carbocycles. The molecule has 0 spiro atoms. The number of anilines is 1. The minimum Gasteiger partial charge on any atom is -0.477 e. The standard InChI is InChI=1S/C34H33F3N6O7/c1-17-11-22(40-31(45)18(2)38-30(44)19(3)39-34(49)50-16-20-7-5-4-6-8-20)14-42(17)29-27(37)15-43-28(41-29)24(13-25(32(43)46)33(47)48)23-10-9-21(35)12-26(23)36/h4-10,12-13,15,17-19,22H,11,14,16H2,1-3H3,(H,38,44)(H,39,49)(H,40,45)(H,47,48)/t17-,18-,19+,22-/m0/s1. The first-order valence-electron chi connectivity index (χ1n) is 15.5. The van der Waals surface area contributed by atoms with E-state index in [-0.39, 0.29) is 35.7 Å². The van der Waals surface area contributed by atoms with Crippen molar-refractivity contribution in [2.75, 3.05) is 11.4 Å². The van der Waals surface area contributed by atoms with E-state index in [0.29, 0.717) is 16.9 Å². The average molecular weight is 695 g/mol. The van der Waals surface area contributed by atoms with Gasteiger partial charge in [0.1, 0.15) is 41.5 Å². The number of hydrogen-bond donors (Lipinski definition) is 4. The van der Waals surface area contributed by atoms with Crippen LogP contribution in [0.25, 0.3) is 16.8 Å². The van der Waals surface area contributed by atoms with Gasteiger partial charge in [-0.25, -0.2) is 27.7 Å². The van der Waals surface area contributed by atoms with Gasteiger partial charge in [0.15, 0.2) is 11.6 Å². The van der Waals surface area contributed by atoms with Crippen LogP contribution in [0.1, 0.15) is 43.1 Å². The van der Waals surface area contributed by atoms with Crippen molar-refractivity contribution in [2.45, 2.75) is 58.0 Å². The van der Waals surface area contributed by atoms with Crippen LogP contribution in [0.5, 0.6) is 0 Å². The summed E-state index contributed by atoms with van der Waals surface area (Å²) in [5.41, 5.74) is -1.85. The van der Waals surface area contributed by atoms with Crippen molar-refractivity contribution in [2.24, 2.45) is 0 Å². The summed E-state index contributed by atoms with van der Waals surface area (Å²) < 4.78 is 49.9. The molecule has 0 bridgehead atoms. The van der Waals surface area contributed by atoms with E-state index in [1.54, 1.807) is 31.2 Å². The molecule has 4 N–H and O–H groups in total. The van der Waals surface area contributed by atoms with Gasteiger partial charge in [0.05, 0.1) is 6.20 Å². The van der Waals surface area contributed by atoms with E-state index in [9.17, 15) is 37.9 Å². The quantitative estimate of drug-likeness (QED) is 0.194. The molecular formula is C34H33F3N6O7. The minimum atomic E-state index is -1.64. The number of amides is 3. The number of hydrogen-bond acceptors (Lipinski definition) is 8. The fourth-order valence-corrected chi connectivity index (χ4v) is 5.61. The third kappa shape index (κ3) is 7.69. The summed E-state index contributed by atoms with van der Waals surface area (Å²) in [5, 5.41) is 17.3.